The smallest absolute Gasteiger partial charge is 0.265 e. The summed E-state index contributed by atoms with van der Waals surface area (Å²) in [4.78, 5) is 16.8. The molecule has 1 N–H and O–H groups in total. The number of halogens is 1. The minimum absolute atomic E-state index is 0.162. The maximum atomic E-state index is 11.7. The summed E-state index contributed by atoms with van der Waals surface area (Å²) in [7, 11) is 0. The maximum Gasteiger partial charge on any atom is 0.265 e. The summed E-state index contributed by atoms with van der Waals surface area (Å²) in [5.41, 5.74) is 1.50. The number of hydrogen-bond donors (Lipinski definition) is 1. The standard InChI is InChI=1S/C18H19BrN2O3/c1-2-10-23-17-9-8-15(19)11-14(17)12-20-24-13-18(22)21-16-6-4-3-5-7-16/h3-9,11-12H,2,10,13H2,1H3,(H,21,22)/b20-12+. The predicted molar refractivity (Wildman–Crippen MR) is 98.5 cm³/mol. The number of carbonyl (C=O) groups excluding carboxylic acids is 1. The summed E-state index contributed by atoms with van der Waals surface area (Å²) in [5, 5.41) is 6.57. The van der Waals surface area contributed by atoms with E-state index >= 15 is 0 Å². The van der Waals surface area contributed by atoms with Gasteiger partial charge < -0.3 is 14.9 Å². The minimum Gasteiger partial charge on any atom is -0.493 e. The number of carbonyl (C=O) groups is 1. The summed E-state index contributed by atoms with van der Waals surface area (Å²) in [6, 6.07) is 14.8. The van der Waals surface area contributed by atoms with Crippen LogP contribution in [0.5, 0.6) is 5.75 Å². The van der Waals surface area contributed by atoms with Gasteiger partial charge in [-0.25, -0.2) is 0 Å². The van der Waals surface area contributed by atoms with E-state index in [1.54, 1.807) is 12.1 Å². The molecule has 2 rings (SSSR count). The fourth-order valence-corrected chi connectivity index (χ4v) is 2.25. The number of oxime groups is 1. The molecule has 2 aromatic rings. The Labute approximate surface area is 149 Å². The van der Waals surface area contributed by atoms with Gasteiger partial charge in [-0.15, -0.1) is 0 Å². The highest BCUT2D eigenvalue weighted by Gasteiger charge is 2.04. The zero-order valence-electron chi connectivity index (χ0n) is 13.4. The van der Waals surface area contributed by atoms with Gasteiger partial charge in [0.2, 0.25) is 0 Å². The first-order chi connectivity index (χ1) is 11.7. The van der Waals surface area contributed by atoms with Crippen molar-refractivity contribution >= 4 is 33.7 Å². The van der Waals surface area contributed by atoms with Crippen LogP contribution in [0, 0.1) is 0 Å². The highest BCUT2D eigenvalue weighted by atomic mass is 79.9. The van der Waals surface area contributed by atoms with E-state index in [4.69, 9.17) is 9.57 Å². The largest absolute Gasteiger partial charge is 0.493 e. The van der Waals surface area contributed by atoms with Crippen molar-refractivity contribution in [2.45, 2.75) is 13.3 Å². The lowest BCUT2D eigenvalue weighted by molar-refractivity contribution is -0.120. The van der Waals surface area contributed by atoms with Crippen LogP contribution in [0.15, 0.2) is 58.2 Å². The van der Waals surface area contributed by atoms with Crippen LogP contribution in [0.25, 0.3) is 0 Å². The van der Waals surface area contributed by atoms with E-state index in [9.17, 15) is 4.79 Å². The molecule has 0 aliphatic rings. The molecule has 0 aliphatic carbocycles. The Morgan fingerprint density at radius 3 is 2.79 bits per heavy atom. The third-order valence-corrected chi connectivity index (χ3v) is 3.45. The number of amides is 1. The van der Waals surface area contributed by atoms with Gasteiger partial charge in [-0.2, -0.15) is 0 Å². The molecular formula is C18H19BrN2O3. The Morgan fingerprint density at radius 2 is 2.04 bits per heavy atom. The Morgan fingerprint density at radius 1 is 1.25 bits per heavy atom. The number of benzene rings is 2. The number of rotatable bonds is 8. The molecule has 0 fully saturated rings. The van der Waals surface area contributed by atoms with Gasteiger partial charge in [-0.1, -0.05) is 46.2 Å². The Kier molecular flexibility index (Phi) is 7.29. The molecule has 0 radical (unpaired) electrons. The molecule has 0 bridgehead atoms. The minimum atomic E-state index is -0.268. The van der Waals surface area contributed by atoms with Crippen LogP contribution in [0.2, 0.25) is 0 Å². The number of nitrogens with zero attached hydrogens (tertiary/aromatic N) is 1. The van der Waals surface area contributed by atoms with E-state index in [-0.39, 0.29) is 12.5 Å². The van der Waals surface area contributed by atoms with Crippen molar-refractivity contribution in [2.24, 2.45) is 5.16 Å². The second-order valence-electron chi connectivity index (χ2n) is 4.95. The molecule has 0 spiro atoms. The van der Waals surface area contributed by atoms with Crippen LogP contribution < -0.4 is 10.1 Å². The molecule has 24 heavy (non-hydrogen) atoms. The van der Waals surface area contributed by atoms with Crippen LogP contribution in [-0.2, 0) is 9.63 Å². The topological polar surface area (TPSA) is 59.9 Å². The van der Waals surface area contributed by atoms with Gasteiger partial charge in [-0.3, -0.25) is 4.79 Å². The van der Waals surface area contributed by atoms with E-state index in [1.165, 1.54) is 6.21 Å². The number of para-hydroxylation sites is 1. The molecule has 2 aromatic carbocycles. The van der Waals surface area contributed by atoms with Crippen LogP contribution in [0.3, 0.4) is 0 Å². The predicted octanol–water partition coefficient (Wildman–Crippen LogP) is 4.23. The van der Waals surface area contributed by atoms with Crippen molar-refractivity contribution in [3.8, 4) is 5.75 Å². The first kappa shape index (κ1) is 18.0. The molecule has 6 heteroatoms. The summed E-state index contributed by atoms with van der Waals surface area (Å²) in [6.45, 7) is 2.51. The summed E-state index contributed by atoms with van der Waals surface area (Å²) in [5.74, 6) is 0.455. The van der Waals surface area contributed by atoms with Gasteiger partial charge in [0.15, 0.2) is 6.61 Å². The number of hydrogen-bond acceptors (Lipinski definition) is 4. The lowest BCUT2D eigenvalue weighted by atomic mass is 10.2. The monoisotopic (exact) mass is 390 g/mol. The van der Waals surface area contributed by atoms with Crippen LogP contribution in [0.4, 0.5) is 5.69 Å². The number of nitrogens with one attached hydrogen (secondary N) is 1. The highest BCUT2D eigenvalue weighted by Crippen LogP contribution is 2.22. The van der Waals surface area contributed by atoms with Gasteiger partial charge >= 0.3 is 0 Å². The maximum absolute atomic E-state index is 11.7. The van der Waals surface area contributed by atoms with E-state index in [0.29, 0.717) is 6.61 Å². The van der Waals surface area contributed by atoms with E-state index in [0.717, 1.165) is 27.9 Å². The van der Waals surface area contributed by atoms with Crippen LogP contribution in [0.1, 0.15) is 18.9 Å². The van der Waals surface area contributed by atoms with Gasteiger partial charge in [0, 0.05) is 15.7 Å². The normalized spacial score (nSPS) is 10.6. The number of anilines is 1. The third-order valence-electron chi connectivity index (χ3n) is 2.95. The molecule has 0 aliphatic heterocycles. The molecule has 0 heterocycles. The van der Waals surface area contributed by atoms with E-state index in [1.807, 2.05) is 43.3 Å². The third kappa shape index (κ3) is 6.04. The van der Waals surface area contributed by atoms with Gasteiger partial charge in [-0.05, 0) is 36.8 Å². The van der Waals surface area contributed by atoms with Crippen molar-refractivity contribution < 1.29 is 14.4 Å². The lowest BCUT2D eigenvalue weighted by Gasteiger charge is -2.08. The molecule has 0 atom stereocenters. The molecule has 0 unspecified atom stereocenters. The van der Waals surface area contributed by atoms with Gasteiger partial charge in [0.25, 0.3) is 5.91 Å². The highest BCUT2D eigenvalue weighted by molar-refractivity contribution is 9.10. The van der Waals surface area contributed by atoms with Crippen molar-refractivity contribution in [2.75, 3.05) is 18.5 Å². The number of ether oxygens (including phenoxy) is 1. The lowest BCUT2D eigenvalue weighted by Crippen LogP contribution is -2.16. The molecule has 0 aromatic heterocycles. The Bertz CT molecular complexity index is 690. The summed E-state index contributed by atoms with van der Waals surface area (Å²) in [6.07, 6.45) is 2.45. The average Bonchev–Trinajstić information content (AvgIpc) is 2.59. The van der Waals surface area contributed by atoms with Crippen molar-refractivity contribution in [3.05, 3.63) is 58.6 Å². The second kappa shape index (κ2) is 9.72. The Hall–Kier alpha value is -2.34. The van der Waals surface area contributed by atoms with Crippen molar-refractivity contribution in [3.63, 3.8) is 0 Å². The fraction of sp³-hybridized carbons (Fsp3) is 0.222. The summed E-state index contributed by atoms with van der Waals surface area (Å²) >= 11 is 3.41. The van der Waals surface area contributed by atoms with Gasteiger partial charge in [0.05, 0.1) is 12.8 Å². The van der Waals surface area contributed by atoms with E-state index < -0.39 is 0 Å². The molecule has 0 saturated carbocycles. The van der Waals surface area contributed by atoms with Crippen molar-refractivity contribution in [1.82, 2.24) is 0 Å². The van der Waals surface area contributed by atoms with Crippen molar-refractivity contribution in [1.29, 1.82) is 0 Å². The van der Waals surface area contributed by atoms with Crippen LogP contribution in [-0.4, -0.2) is 25.3 Å². The van der Waals surface area contributed by atoms with E-state index in [2.05, 4.69) is 26.4 Å². The second-order valence-corrected chi connectivity index (χ2v) is 5.87. The molecule has 1 amide bonds. The average molecular weight is 391 g/mol. The zero-order chi connectivity index (χ0) is 17.2. The molecule has 126 valence electrons. The first-order valence-corrected chi connectivity index (χ1v) is 8.41. The molecule has 0 saturated heterocycles. The molecular weight excluding hydrogens is 372 g/mol. The zero-order valence-corrected chi connectivity index (χ0v) is 15.0. The van der Waals surface area contributed by atoms with Crippen LogP contribution >= 0.6 is 15.9 Å². The molecule has 5 nitrogen and oxygen atoms in total. The quantitative estimate of drug-likeness (QED) is 0.541. The summed E-state index contributed by atoms with van der Waals surface area (Å²) < 4.78 is 6.56. The SMILES string of the molecule is CCCOc1ccc(Br)cc1/C=N/OCC(=O)Nc1ccccc1. The Balaban J connectivity index is 1.87. The fourth-order valence-electron chi connectivity index (χ4n) is 1.87. The van der Waals surface area contributed by atoms with Gasteiger partial charge in [0.1, 0.15) is 5.75 Å². The first-order valence-electron chi connectivity index (χ1n) is 7.61.